The summed E-state index contributed by atoms with van der Waals surface area (Å²) in [6.45, 7) is 13.1. The number of hydrogen-bond acceptors (Lipinski definition) is 4. The molecule has 0 saturated carbocycles. The highest BCUT2D eigenvalue weighted by Gasteiger charge is 2.29. The summed E-state index contributed by atoms with van der Waals surface area (Å²) >= 11 is 1.73. The zero-order chi connectivity index (χ0) is 35.5. The average Bonchev–Trinajstić information content (AvgIpc) is 3.69. The lowest BCUT2D eigenvalue weighted by Crippen LogP contribution is -2.17. The summed E-state index contributed by atoms with van der Waals surface area (Å²) in [5.41, 5.74) is 11.6. The Morgan fingerprint density at radius 2 is 1.25 bits per heavy atom. The van der Waals surface area contributed by atoms with Crippen LogP contribution in [0.5, 0.6) is 5.75 Å². The van der Waals surface area contributed by atoms with Crippen molar-refractivity contribution in [2.45, 2.75) is 52.4 Å². The van der Waals surface area contributed by atoms with Crippen molar-refractivity contribution in [3.8, 4) is 56.2 Å². The van der Waals surface area contributed by atoms with Gasteiger partial charge < -0.3 is 5.11 Å². The minimum absolute atomic E-state index is 0.121. The summed E-state index contributed by atoms with van der Waals surface area (Å²) in [5.74, 6) is 0.292. The van der Waals surface area contributed by atoms with Crippen molar-refractivity contribution in [1.29, 1.82) is 0 Å². The number of aromatic hydroxyl groups is 1. The molecule has 0 amide bonds. The summed E-state index contributed by atoms with van der Waals surface area (Å²) in [5, 5.41) is 18.6. The van der Waals surface area contributed by atoms with Gasteiger partial charge in [-0.15, -0.1) is 11.3 Å². The van der Waals surface area contributed by atoms with E-state index in [0.29, 0.717) is 5.75 Å². The van der Waals surface area contributed by atoms with Gasteiger partial charge in [0, 0.05) is 33.0 Å². The van der Waals surface area contributed by atoms with Crippen LogP contribution in [0.15, 0.2) is 134 Å². The van der Waals surface area contributed by atoms with E-state index in [9.17, 15) is 5.11 Å². The van der Waals surface area contributed by atoms with Gasteiger partial charge in [-0.25, -0.2) is 4.68 Å². The molecule has 3 aromatic heterocycles. The van der Waals surface area contributed by atoms with Crippen LogP contribution in [0, 0.1) is 0 Å². The topological polar surface area (TPSA) is 50.9 Å². The molecule has 51 heavy (non-hydrogen) atoms. The van der Waals surface area contributed by atoms with Crippen molar-refractivity contribution >= 4 is 31.6 Å². The van der Waals surface area contributed by atoms with E-state index < -0.39 is 0 Å². The predicted molar refractivity (Wildman–Crippen MR) is 215 cm³/mol. The summed E-state index contributed by atoms with van der Waals surface area (Å²) in [4.78, 5) is 4.88. The summed E-state index contributed by atoms with van der Waals surface area (Å²) in [6.07, 6.45) is 1.89. The van der Waals surface area contributed by atoms with Crippen LogP contribution in [0.1, 0.15) is 52.7 Å². The van der Waals surface area contributed by atoms with Crippen LogP contribution in [0.4, 0.5) is 0 Å². The fraction of sp³-hybridized carbons (Fsp3) is 0.174. The largest absolute Gasteiger partial charge is 0.507 e. The minimum atomic E-state index is -0.262. The number of rotatable bonds is 5. The smallest absolute Gasteiger partial charge is 0.128 e. The summed E-state index contributed by atoms with van der Waals surface area (Å²) in [6, 6.07) is 44.6. The van der Waals surface area contributed by atoms with Gasteiger partial charge >= 0.3 is 0 Å². The molecule has 0 radical (unpaired) electrons. The third-order valence-corrected chi connectivity index (χ3v) is 10.8. The number of hydrogen-bond donors (Lipinski definition) is 1. The number of nitrogens with zero attached hydrogens (tertiary/aromatic N) is 3. The van der Waals surface area contributed by atoms with Gasteiger partial charge in [0.05, 0.1) is 21.6 Å². The van der Waals surface area contributed by atoms with Crippen LogP contribution in [-0.4, -0.2) is 19.9 Å². The monoisotopic (exact) mass is 683 g/mol. The lowest BCUT2D eigenvalue weighted by atomic mass is 9.78. The average molecular weight is 684 g/mol. The lowest BCUT2D eigenvalue weighted by molar-refractivity contribution is 0.446. The van der Waals surface area contributed by atoms with E-state index in [0.717, 1.165) is 71.6 Å². The van der Waals surface area contributed by atoms with Crippen LogP contribution in [-0.2, 0) is 10.8 Å². The molecule has 8 aromatic rings. The fourth-order valence-corrected chi connectivity index (χ4v) is 8.04. The van der Waals surface area contributed by atoms with Crippen LogP contribution in [0.25, 0.3) is 70.8 Å². The molecule has 1 N–H and O–H groups in total. The van der Waals surface area contributed by atoms with Crippen LogP contribution in [0.3, 0.4) is 0 Å². The molecule has 0 saturated heterocycles. The van der Waals surface area contributed by atoms with Crippen molar-refractivity contribution in [2.75, 3.05) is 0 Å². The number of benzene rings is 5. The second kappa shape index (κ2) is 12.4. The minimum Gasteiger partial charge on any atom is -0.507 e. The highest BCUT2D eigenvalue weighted by atomic mass is 32.1. The first-order chi connectivity index (χ1) is 24.5. The Balaban J connectivity index is 1.42. The number of aromatic nitrogens is 3. The van der Waals surface area contributed by atoms with E-state index in [-0.39, 0.29) is 10.8 Å². The highest BCUT2D eigenvalue weighted by Crippen LogP contribution is 2.47. The zero-order valence-electron chi connectivity index (χ0n) is 29.9. The summed E-state index contributed by atoms with van der Waals surface area (Å²) in [7, 11) is 0. The molecule has 0 spiro atoms. The Kier molecular flexibility index (Phi) is 7.92. The van der Waals surface area contributed by atoms with Gasteiger partial charge in [0.1, 0.15) is 11.4 Å². The number of fused-ring (bicyclic) bond motifs is 3. The first kappa shape index (κ1) is 32.7. The highest BCUT2D eigenvalue weighted by molar-refractivity contribution is 7.26. The molecule has 3 heterocycles. The Hall–Kier alpha value is -5.52. The third-order valence-electron chi connectivity index (χ3n) is 9.67. The van der Waals surface area contributed by atoms with Gasteiger partial charge in [0.2, 0.25) is 0 Å². The first-order valence-electron chi connectivity index (χ1n) is 17.5. The van der Waals surface area contributed by atoms with E-state index in [1.54, 1.807) is 11.3 Å². The number of pyridine rings is 1. The van der Waals surface area contributed by atoms with E-state index in [2.05, 4.69) is 161 Å². The standard InChI is InChI=1S/C46H41N3OS/c1-45(2,3)34-27-37(43(50)38(28-34)46(4,5)6)41-44-42(36-19-13-14-20-40(36)51-44)49(48-41)35-24-32(30-17-11-8-12-18-30)23-33(25-35)39-26-31(21-22-47-39)29-15-9-7-10-16-29/h7-28,50H,1-6H3. The maximum Gasteiger partial charge on any atom is 0.128 e. The van der Waals surface area contributed by atoms with Crippen LogP contribution >= 0.6 is 11.3 Å². The Labute approximate surface area is 303 Å². The molecule has 0 aliphatic carbocycles. The van der Waals surface area contributed by atoms with Gasteiger partial charge in [0.25, 0.3) is 0 Å². The van der Waals surface area contributed by atoms with Crippen molar-refractivity contribution in [1.82, 2.24) is 14.8 Å². The Morgan fingerprint density at radius 1 is 0.608 bits per heavy atom. The molecule has 8 rings (SSSR count). The summed E-state index contributed by atoms with van der Waals surface area (Å²) < 4.78 is 4.31. The van der Waals surface area contributed by atoms with Crippen molar-refractivity contribution in [2.24, 2.45) is 0 Å². The van der Waals surface area contributed by atoms with Crippen molar-refractivity contribution in [3.63, 3.8) is 0 Å². The van der Waals surface area contributed by atoms with E-state index in [1.807, 2.05) is 18.3 Å². The number of phenolic OH excluding ortho intramolecular Hbond substituents is 1. The van der Waals surface area contributed by atoms with Crippen LogP contribution in [0.2, 0.25) is 0 Å². The molecular weight excluding hydrogens is 643 g/mol. The molecule has 0 atom stereocenters. The molecule has 0 aliphatic rings. The maximum absolute atomic E-state index is 12.0. The van der Waals surface area contributed by atoms with E-state index >= 15 is 0 Å². The molecule has 252 valence electrons. The van der Waals surface area contributed by atoms with Gasteiger partial charge in [-0.3, -0.25) is 4.98 Å². The molecule has 0 aliphatic heterocycles. The second-order valence-corrected chi connectivity index (χ2v) is 16.4. The molecule has 0 bridgehead atoms. The molecule has 0 unspecified atom stereocenters. The van der Waals surface area contributed by atoms with Crippen molar-refractivity contribution < 1.29 is 5.11 Å². The van der Waals surface area contributed by atoms with E-state index in [1.165, 1.54) is 10.3 Å². The maximum atomic E-state index is 12.0. The van der Waals surface area contributed by atoms with Gasteiger partial charge in [-0.05, 0) is 81.1 Å². The fourth-order valence-electron chi connectivity index (χ4n) is 6.86. The number of thiophene rings is 1. The third kappa shape index (κ3) is 6.02. The van der Waals surface area contributed by atoms with Crippen molar-refractivity contribution in [3.05, 3.63) is 145 Å². The predicted octanol–water partition coefficient (Wildman–Crippen LogP) is 12.6. The molecular formula is C46H41N3OS. The Bertz CT molecular complexity index is 2550. The first-order valence-corrected chi connectivity index (χ1v) is 18.3. The zero-order valence-corrected chi connectivity index (χ0v) is 30.7. The normalized spacial score (nSPS) is 12.2. The Morgan fingerprint density at radius 3 is 1.94 bits per heavy atom. The number of phenols is 1. The molecule has 5 heteroatoms. The molecule has 5 aromatic carbocycles. The quantitative estimate of drug-likeness (QED) is 0.196. The van der Waals surface area contributed by atoms with Gasteiger partial charge in [0.15, 0.2) is 0 Å². The molecule has 4 nitrogen and oxygen atoms in total. The SMILES string of the molecule is CC(C)(C)c1cc(-c2nn(-c3cc(-c4ccccc4)cc(-c4cc(-c5ccccc5)ccn4)c3)c3c2sc2ccccc23)c(O)c(C(C)(C)C)c1. The van der Waals surface area contributed by atoms with Crippen LogP contribution < -0.4 is 0 Å². The lowest BCUT2D eigenvalue weighted by Gasteiger charge is -2.27. The molecule has 0 fully saturated rings. The van der Waals surface area contributed by atoms with Gasteiger partial charge in [-0.2, -0.15) is 5.10 Å². The van der Waals surface area contributed by atoms with Gasteiger partial charge in [-0.1, -0.05) is 126 Å². The second-order valence-electron chi connectivity index (χ2n) is 15.4. The van der Waals surface area contributed by atoms with E-state index in [4.69, 9.17) is 10.1 Å².